The van der Waals surface area contributed by atoms with Gasteiger partial charge in [0.1, 0.15) is 0 Å². The molecule has 0 aliphatic carbocycles. The summed E-state index contributed by atoms with van der Waals surface area (Å²) in [6.45, 7) is 0. The standard InChI is InChI=1S/Cs.Mg.HNO3.3NO3/c;;4*2-1(3)4/h;;(H,2,3,4);;;/q+1;+2;;3*-1. The third-order valence-electron chi connectivity index (χ3n) is 0. The molecule has 0 aromatic carbocycles. The van der Waals surface area contributed by atoms with Crippen molar-refractivity contribution in [3.63, 3.8) is 0 Å². The van der Waals surface area contributed by atoms with Crippen LogP contribution in [0.5, 0.6) is 0 Å². The summed E-state index contributed by atoms with van der Waals surface area (Å²) in [4.78, 5) is 33.1. The molecule has 1 N–H and O–H groups in total. The van der Waals surface area contributed by atoms with Gasteiger partial charge in [0, 0.05) is 0 Å². The zero-order valence-electron chi connectivity index (χ0n) is 8.43. The largest absolute Gasteiger partial charge is 2.00 e. The van der Waals surface area contributed by atoms with Crippen molar-refractivity contribution in [3.8, 4) is 0 Å². The molecular weight excluding hydrogens is 405 g/mol. The Morgan fingerprint density at radius 1 is 0.611 bits per heavy atom. The number of nitrogens with zero attached hydrogens (tertiary/aromatic N) is 4. The first-order chi connectivity index (χ1) is 6.93. The summed E-state index contributed by atoms with van der Waals surface area (Å²) in [6, 6.07) is 0. The molecule has 18 heavy (non-hydrogen) atoms. The van der Waals surface area contributed by atoms with E-state index in [1.54, 1.807) is 0 Å². The molecule has 16 nitrogen and oxygen atoms in total. The van der Waals surface area contributed by atoms with Gasteiger partial charge in [-0.25, -0.2) is 0 Å². The zero-order valence-corrected chi connectivity index (χ0v) is 16.1. The Labute approximate surface area is 171 Å². The molecule has 0 aromatic rings. The Balaban J connectivity index is -0.0000000257. The summed E-state index contributed by atoms with van der Waals surface area (Å²) in [6.07, 6.45) is 0. The van der Waals surface area contributed by atoms with Gasteiger partial charge in [0.05, 0.1) is 15.3 Å². The van der Waals surface area contributed by atoms with Gasteiger partial charge < -0.3 is 51.2 Å². The van der Waals surface area contributed by atoms with Crippen molar-refractivity contribution in [2.45, 2.75) is 0 Å². The summed E-state index contributed by atoms with van der Waals surface area (Å²) < 4.78 is 0. The molecule has 0 saturated heterocycles. The summed E-state index contributed by atoms with van der Waals surface area (Å²) in [5.74, 6) is 0. The zero-order chi connectivity index (χ0) is 14.3. The van der Waals surface area contributed by atoms with Crippen molar-refractivity contribution in [1.29, 1.82) is 0 Å². The Hall–Kier alpha value is -0.382. The summed E-state index contributed by atoms with van der Waals surface area (Å²) >= 11 is 0. The van der Waals surface area contributed by atoms with E-state index >= 15 is 0 Å². The third kappa shape index (κ3) is 22900. The molecule has 96 valence electrons. The van der Waals surface area contributed by atoms with Crippen molar-refractivity contribution >= 4 is 23.1 Å². The van der Waals surface area contributed by atoms with Crippen LogP contribution in [0.1, 0.15) is 0 Å². The Morgan fingerprint density at radius 2 is 0.611 bits per heavy atom. The fraction of sp³-hybridized carbons (Fsp3) is 0. The molecule has 0 unspecified atom stereocenters. The Bertz CT molecular complexity index is 164. The van der Waals surface area contributed by atoms with E-state index in [-0.39, 0.29) is 91.9 Å². The van der Waals surface area contributed by atoms with Crippen molar-refractivity contribution < 1.29 is 94.4 Å². The van der Waals surface area contributed by atoms with Gasteiger partial charge in [0.2, 0.25) is 0 Å². The SMILES string of the molecule is O=[N+]([O-])O.O=[N+]([O-])[O-].O=[N+]([O-])[O-].O=[N+]([O-])[O-].[Cs+].[Mg+2]. The Kier molecular flexibility index (Phi) is 60.1. The van der Waals surface area contributed by atoms with Crippen LogP contribution in [0.3, 0.4) is 0 Å². The van der Waals surface area contributed by atoms with E-state index in [0.29, 0.717) is 0 Å². The van der Waals surface area contributed by atoms with Crippen LogP contribution in [0.25, 0.3) is 0 Å². The summed E-state index contributed by atoms with van der Waals surface area (Å²) in [5, 5.41) is 57.9. The molecule has 0 rings (SSSR count). The van der Waals surface area contributed by atoms with Crippen molar-refractivity contribution in [2.75, 3.05) is 0 Å². The van der Waals surface area contributed by atoms with Gasteiger partial charge >= 0.3 is 91.9 Å². The van der Waals surface area contributed by atoms with Gasteiger partial charge in [-0.3, -0.25) is 0 Å². The van der Waals surface area contributed by atoms with Crippen LogP contribution in [0.15, 0.2) is 0 Å². The number of hydrogen-bond donors (Lipinski definition) is 1. The van der Waals surface area contributed by atoms with Crippen LogP contribution in [-0.2, 0) is 0 Å². The predicted octanol–water partition coefficient (Wildman–Crippen LogP) is -4.44. The van der Waals surface area contributed by atoms with Gasteiger partial charge in [0.25, 0.3) is 5.09 Å². The second-order valence-corrected chi connectivity index (χ2v) is 0.909. The van der Waals surface area contributed by atoms with Crippen LogP contribution in [0, 0.1) is 56.1 Å². The fourth-order valence-corrected chi connectivity index (χ4v) is 0. The van der Waals surface area contributed by atoms with Crippen molar-refractivity contribution in [2.24, 2.45) is 0 Å². The molecular formula is HCsMgN4O12. The first-order valence-corrected chi connectivity index (χ1v) is 2.21. The molecule has 0 radical (unpaired) electrons. The van der Waals surface area contributed by atoms with E-state index in [4.69, 9.17) is 61.3 Å². The molecule has 0 amide bonds. The molecule has 0 heterocycles. The van der Waals surface area contributed by atoms with Crippen molar-refractivity contribution in [1.82, 2.24) is 0 Å². The molecule has 0 spiro atoms. The van der Waals surface area contributed by atoms with Crippen LogP contribution < -0.4 is 68.9 Å². The van der Waals surface area contributed by atoms with E-state index in [1.165, 1.54) is 0 Å². The van der Waals surface area contributed by atoms with Gasteiger partial charge in [-0.2, -0.15) is 0 Å². The topological polar surface area (TPSA) is 262 Å². The molecule has 0 atom stereocenters. The normalized spacial score (nSPS) is 5.33. The summed E-state index contributed by atoms with van der Waals surface area (Å²) in [7, 11) is 0. The van der Waals surface area contributed by atoms with E-state index < -0.39 is 20.3 Å². The van der Waals surface area contributed by atoms with Gasteiger partial charge in [-0.15, -0.1) is 10.1 Å². The smallest absolute Gasteiger partial charge is 0.356 e. The average molecular weight is 406 g/mol. The maximum Gasteiger partial charge on any atom is 2.00 e. The van der Waals surface area contributed by atoms with Crippen LogP contribution in [-0.4, -0.2) is 48.6 Å². The molecule has 0 aliphatic heterocycles. The second-order valence-electron chi connectivity index (χ2n) is 0.909. The monoisotopic (exact) mass is 406 g/mol. The van der Waals surface area contributed by atoms with E-state index in [2.05, 4.69) is 0 Å². The second kappa shape index (κ2) is 30.0. The quantitative estimate of drug-likeness (QED) is 0.227. The molecule has 18 heteroatoms. The molecule has 0 bridgehead atoms. The van der Waals surface area contributed by atoms with Crippen LogP contribution >= 0.6 is 0 Å². The van der Waals surface area contributed by atoms with E-state index in [0.717, 1.165) is 0 Å². The van der Waals surface area contributed by atoms with Gasteiger partial charge in [-0.05, 0) is 0 Å². The first kappa shape index (κ1) is 36.0. The minimum atomic E-state index is -1.75. The van der Waals surface area contributed by atoms with Gasteiger partial charge in [-0.1, -0.05) is 0 Å². The predicted molar refractivity (Wildman–Crippen MR) is 45.6 cm³/mol. The number of hydrogen-bond acceptors (Lipinski definition) is 11. The minimum absolute atomic E-state index is 0. The molecule has 0 saturated carbocycles. The maximum atomic E-state index is 8.36. The van der Waals surface area contributed by atoms with Gasteiger partial charge in [0.15, 0.2) is 0 Å². The minimum Gasteiger partial charge on any atom is -0.356 e. The Morgan fingerprint density at radius 3 is 0.611 bits per heavy atom. The fourth-order valence-electron chi connectivity index (χ4n) is 0. The molecule has 0 aromatic heterocycles. The van der Waals surface area contributed by atoms with E-state index in [1.807, 2.05) is 0 Å². The summed E-state index contributed by atoms with van der Waals surface area (Å²) in [5.41, 5.74) is 0. The van der Waals surface area contributed by atoms with Crippen molar-refractivity contribution in [3.05, 3.63) is 56.1 Å². The van der Waals surface area contributed by atoms with Crippen LogP contribution in [0.4, 0.5) is 0 Å². The first-order valence-electron chi connectivity index (χ1n) is 2.21. The molecule has 0 fully saturated rings. The maximum absolute atomic E-state index is 8.36. The average Bonchev–Trinajstić information content (AvgIpc) is 1.76. The number of rotatable bonds is 0. The van der Waals surface area contributed by atoms with Crippen LogP contribution in [0.2, 0.25) is 0 Å². The molecule has 0 aliphatic rings. The van der Waals surface area contributed by atoms with E-state index in [9.17, 15) is 0 Å². The third-order valence-corrected chi connectivity index (χ3v) is 0.